The molecule has 0 spiro atoms. The van der Waals surface area contributed by atoms with Gasteiger partial charge < -0.3 is 0 Å². The van der Waals surface area contributed by atoms with Gasteiger partial charge in [-0.15, -0.1) is 22.7 Å². The smallest absolute Gasteiger partial charge is 0.173 e. The number of hydrogen-bond acceptors (Lipinski definition) is 3. The van der Waals surface area contributed by atoms with Gasteiger partial charge in [-0.3, -0.25) is 4.79 Å². The van der Waals surface area contributed by atoms with Crippen molar-refractivity contribution in [2.75, 3.05) is 0 Å². The summed E-state index contributed by atoms with van der Waals surface area (Å²) in [5.74, 6) is 0.318. The van der Waals surface area contributed by atoms with E-state index in [0.29, 0.717) is 12.2 Å². The Balaban J connectivity index is 1.83. The zero-order chi connectivity index (χ0) is 14.2. The van der Waals surface area contributed by atoms with Crippen molar-refractivity contribution in [2.24, 2.45) is 0 Å². The lowest BCUT2D eigenvalue weighted by atomic mass is 10.1. The molecule has 0 aliphatic heterocycles. The first-order valence-corrected chi connectivity index (χ1v) is 9.23. The molecule has 0 bridgehead atoms. The molecule has 2 heterocycles. The lowest BCUT2D eigenvalue weighted by Crippen LogP contribution is -1.97. The van der Waals surface area contributed by atoms with E-state index >= 15 is 0 Å². The molecule has 0 unspecified atom stereocenters. The van der Waals surface area contributed by atoms with Crippen LogP contribution >= 0.6 is 22.7 Å². The normalized spacial score (nSPS) is 10.8. The standard InChI is InChI=1S/C17H22OS2/c1-2-3-4-5-6-7-9-15(18)17-14(11-13-20-17)16-10-8-12-19-16/h8,10-13H,2-7,9H2,1H3. The zero-order valence-corrected chi connectivity index (χ0v) is 13.7. The van der Waals surface area contributed by atoms with Crippen molar-refractivity contribution in [3.8, 4) is 10.4 Å². The van der Waals surface area contributed by atoms with Crippen LogP contribution in [-0.4, -0.2) is 5.78 Å². The van der Waals surface area contributed by atoms with Crippen LogP contribution in [0.3, 0.4) is 0 Å². The van der Waals surface area contributed by atoms with E-state index < -0.39 is 0 Å². The SMILES string of the molecule is CCCCCCCCC(=O)c1sccc1-c1cccs1. The third kappa shape index (κ3) is 4.29. The van der Waals surface area contributed by atoms with E-state index in [-0.39, 0.29) is 0 Å². The van der Waals surface area contributed by atoms with Gasteiger partial charge in [0.1, 0.15) is 0 Å². The lowest BCUT2D eigenvalue weighted by molar-refractivity contribution is 0.0983. The summed E-state index contributed by atoms with van der Waals surface area (Å²) in [5.41, 5.74) is 1.13. The highest BCUT2D eigenvalue weighted by molar-refractivity contribution is 7.15. The van der Waals surface area contributed by atoms with Gasteiger partial charge in [-0.1, -0.05) is 45.1 Å². The van der Waals surface area contributed by atoms with Crippen LogP contribution in [0.25, 0.3) is 10.4 Å². The predicted octanol–water partition coefficient (Wildman–Crippen LogP) is 6.41. The number of thiophene rings is 2. The molecule has 2 aromatic heterocycles. The summed E-state index contributed by atoms with van der Waals surface area (Å²) in [4.78, 5) is 14.5. The molecule has 0 amide bonds. The molecular weight excluding hydrogens is 284 g/mol. The van der Waals surface area contributed by atoms with Gasteiger partial charge in [0.2, 0.25) is 0 Å². The molecule has 2 rings (SSSR count). The van der Waals surface area contributed by atoms with Crippen molar-refractivity contribution in [3.63, 3.8) is 0 Å². The Morgan fingerprint density at radius 1 is 1.00 bits per heavy atom. The molecule has 0 radical (unpaired) electrons. The van der Waals surface area contributed by atoms with Crippen LogP contribution < -0.4 is 0 Å². The molecule has 0 saturated heterocycles. The molecule has 3 heteroatoms. The Morgan fingerprint density at radius 3 is 2.55 bits per heavy atom. The summed E-state index contributed by atoms with van der Waals surface area (Å²) in [6.45, 7) is 2.23. The lowest BCUT2D eigenvalue weighted by Gasteiger charge is -2.02. The minimum absolute atomic E-state index is 0.318. The number of unbranched alkanes of at least 4 members (excludes halogenated alkanes) is 5. The molecular formula is C17H22OS2. The van der Waals surface area contributed by atoms with Crippen LogP contribution in [0, 0.1) is 0 Å². The van der Waals surface area contributed by atoms with Gasteiger partial charge in [0, 0.05) is 16.9 Å². The van der Waals surface area contributed by atoms with Gasteiger partial charge >= 0.3 is 0 Å². The van der Waals surface area contributed by atoms with Crippen molar-refractivity contribution in [1.29, 1.82) is 0 Å². The predicted molar refractivity (Wildman–Crippen MR) is 90.0 cm³/mol. The number of hydrogen-bond donors (Lipinski definition) is 0. The second-order valence-electron chi connectivity index (χ2n) is 5.08. The van der Waals surface area contributed by atoms with Crippen LogP contribution in [0.5, 0.6) is 0 Å². The maximum atomic E-state index is 12.3. The quantitative estimate of drug-likeness (QED) is 0.386. The van der Waals surface area contributed by atoms with Crippen LogP contribution in [0.2, 0.25) is 0 Å². The Kier molecular flexibility index (Phi) is 6.48. The molecule has 108 valence electrons. The zero-order valence-electron chi connectivity index (χ0n) is 12.1. The average Bonchev–Trinajstić information content (AvgIpc) is 3.11. The van der Waals surface area contributed by atoms with Gasteiger partial charge in [0.05, 0.1) is 4.88 Å². The van der Waals surface area contributed by atoms with E-state index in [1.807, 2.05) is 11.4 Å². The summed E-state index contributed by atoms with van der Waals surface area (Å²) in [7, 11) is 0. The first kappa shape index (κ1) is 15.5. The molecule has 0 fully saturated rings. The summed E-state index contributed by atoms with van der Waals surface area (Å²) >= 11 is 3.29. The molecule has 0 atom stereocenters. The van der Waals surface area contributed by atoms with Crippen molar-refractivity contribution < 1.29 is 4.79 Å². The molecule has 20 heavy (non-hydrogen) atoms. The monoisotopic (exact) mass is 306 g/mol. The van der Waals surface area contributed by atoms with Crippen molar-refractivity contribution in [1.82, 2.24) is 0 Å². The van der Waals surface area contributed by atoms with E-state index in [1.165, 1.54) is 37.0 Å². The van der Waals surface area contributed by atoms with E-state index in [0.717, 1.165) is 16.9 Å². The highest BCUT2D eigenvalue weighted by Gasteiger charge is 2.14. The second-order valence-corrected chi connectivity index (χ2v) is 6.95. The number of rotatable bonds is 9. The van der Waals surface area contributed by atoms with Crippen molar-refractivity contribution in [3.05, 3.63) is 33.8 Å². The van der Waals surface area contributed by atoms with Crippen LogP contribution in [0.1, 0.15) is 61.5 Å². The second kappa shape index (κ2) is 8.38. The minimum atomic E-state index is 0.318. The number of ketones is 1. The van der Waals surface area contributed by atoms with E-state index in [1.54, 1.807) is 22.7 Å². The van der Waals surface area contributed by atoms with Gasteiger partial charge in [0.15, 0.2) is 5.78 Å². The Hall–Kier alpha value is -0.930. The minimum Gasteiger partial charge on any atom is -0.293 e. The fourth-order valence-corrected chi connectivity index (χ4v) is 4.03. The average molecular weight is 306 g/mol. The maximum Gasteiger partial charge on any atom is 0.173 e. The van der Waals surface area contributed by atoms with E-state index in [2.05, 4.69) is 24.4 Å². The first-order chi connectivity index (χ1) is 9.83. The highest BCUT2D eigenvalue weighted by Crippen LogP contribution is 2.32. The third-order valence-corrected chi connectivity index (χ3v) is 5.32. The topological polar surface area (TPSA) is 17.1 Å². The highest BCUT2D eigenvalue weighted by atomic mass is 32.1. The maximum absolute atomic E-state index is 12.3. The third-order valence-electron chi connectivity index (χ3n) is 3.46. The van der Waals surface area contributed by atoms with E-state index in [4.69, 9.17) is 0 Å². The Bertz CT molecular complexity index is 511. The molecule has 0 aromatic carbocycles. The van der Waals surface area contributed by atoms with Crippen molar-refractivity contribution in [2.45, 2.75) is 51.9 Å². The number of Topliss-reactive ketones (excluding diaryl/α,β-unsaturated/α-hetero) is 1. The summed E-state index contributed by atoms with van der Waals surface area (Å²) < 4.78 is 0. The molecule has 0 aliphatic rings. The van der Waals surface area contributed by atoms with Gasteiger partial charge in [-0.2, -0.15) is 0 Å². The van der Waals surface area contributed by atoms with Gasteiger partial charge in [-0.05, 0) is 29.3 Å². The molecule has 2 aromatic rings. The fraction of sp³-hybridized carbons (Fsp3) is 0.471. The molecule has 1 nitrogen and oxygen atoms in total. The first-order valence-electron chi connectivity index (χ1n) is 7.47. The summed E-state index contributed by atoms with van der Waals surface area (Å²) in [5, 5.41) is 4.10. The van der Waals surface area contributed by atoms with Gasteiger partial charge in [0.25, 0.3) is 0 Å². The van der Waals surface area contributed by atoms with E-state index in [9.17, 15) is 4.79 Å². The van der Waals surface area contributed by atoms with Crippen LogP contribution in [0.4, 0.5) is 0 Å². The molecule has 0 saturated carbocycles. The molecule has 0 N–H and O–H groups in total. The fourth-order valence-electron chi connectivity index (χ4n) is 2.33. The summed E-state index contributed by atoms with van der Waals surface area (Å²) in [6.07, 6.45) is 8.09. The van der Waals surface area contributed by atoms with Gasteiger partial charge in [-0.25, -0.2) is 0 Å². The Morgan fingerprint density at radius 2 is 1.80 bits per heavy atom. The van der Waals surface area contributed by atoms with Crippen LogP contribution in [-0.2, 0) is 0 Å². The largest absolute Gasteiger partial charge is 0.293 e. The molecule has 0 aliphatic carbocycles. The summed E-state index contributed by atoms with van der Waals surface area (Å²) in [6, 6.07) is 6.21. The van der Waals surface area contributed by atoms with Crippen molar-refractivity contribution >= 4 is 28.5 Å². The Labute approximate surface area is 129 Å². The number of carbonyl (C=O) groups is 1. The number of carbonyl (C=O) groups excluding carboxylic acids is 1. The van der Waals surface area contributed by atoms with Crippen LogP contribution in [0.15, 0.2) is 29.0 Å².